The molecule has 1 aromatic heterocycles. The second-order valence-corrected chi connectivity index (χ2v) is 6.07. The molecule has 1 heterocycles. The highest BCUT2D eigenvalue weighted by Gasteiger charge is 2.16. The van der Waals surface area contributed by atoms with Gasteiger partial charge in [0.1, 0.15) is 0 Å². The Bertz CT molecular complexity index is 420. The molecule has 0 fully saturated rings. The summed E-state index contributed by atoms with van der Waals surface area (Å²) >= 11 is 0. The number of likely N-dealkylation sites (N-methyl/N-ethyl adjacent to an activating group) is 1. The molecule has 4 heteroatoms. The Morgan fingerprint density at radius 1 is 1.33 bits per heavy atom. The van der Waals surface area contributed by atoms with Gasteiger partial charge in [0.15, 0.2) is 0 Å². The maximum absolute atomic E-state index is 5.32. The van der Waals surface area contributed by atoms with Gasteiger partial charge in [0.2, 0.25) is 0 Å². The van der Waals surface area contributed by atoms with Crippen LogP contribution in [0.1, 0.15) is 39.0 Å². The molecule has 1 N–H and O–H groups in total. The van der Waals surface area contributed by atoms with Crippen LogP contribution >= 0.6 is 0 Å². The first kappa shape index (κ1) is 17.9. The summed E-state index contributed by atoms with van der Waals surface area (Å²) in [4.78, 5) is 6.86. The van der Waals surface area contributed by atoms with Gasteiger partial charge in [-0.3, -0.25) is 4.98 Å². The largest absolute Gasteiger partial charge is 0.383 e. The van der Waals surface area contributed by atoms with Crippen LogP contribution in [0.3, 0.4) is 0 Å². The molecule has 0 radical (unpaired) electrons. The minimum absolute atomic E-state index is 0.352. The second kappa shape index (κ2) is 9.00. The average Bonchev–Trinajstić information content (AvgIpc) is 2.42. The van der Waals surface area contributed by atoms with Gasteiger partial charge in [-0.1, -0.05) is 13.8 Å². The summed E-state index contributed by atoms with van der Waals surface area (Å²) in [5, 5.41) is 3.51. The van der Waals surface area contributed by atoms with Crippen molar-refractivity contribution >= 4 is 5.69 Å². The summed E-state index contributed by atoms with van der Waals surface area (Å²) in [6.07, 6.45) is 2.00. The lowest BCUT2D eigenvalue weighted by atomic mass is 10.1. The third-order valence-corrected chi connectivity index (χ3v) is 3.56. The van der Waals surface area contributed by atoms with Crippen LogP contribution in [0.2, 0.25) is 0 Å². The topological polar surface area (TPSA) is 37.4 Å². The second-order valence-electron chi connectivity index (χ2n) is 6.07. The number of methoxy groups -OCH3 is 1. The number of ether oxygens (including phenoxy) is 1. The third-order valence-electron chi connectivity index (χ3n) is 3.56. The highest BCUT2D eigenvalue weighted by Crippen LogP contribution is 2.23. The van der Waals surface area contributed by atoms with Gasteiger partial charge < -0.3 is 15.0 Å². The van der Waals surface area contributed by atoms with E-state index in [1.807, 2.05) is 13.1 Å². The van der Waals surface area contributed by atoms with E-state index in [9.17, 15) is 0 Å². The Kier molecular flexibility index (Phi) is 7.68. The van der Waals surface area contributed by atoms with E-state index < -0.39 is 0 Å². The molecule has 0 saturated heterocycles. The normalized spacial score (nSPS) is 12.7. The van der Waals surface area contributed by atoms with E-state index >= 15 is 0 Å². The Hall–Kier alpha value is -1.13. The van der Waals surface area contributed by atoms with Crippen molar-refractivity contribution in [2.24, 2.45) is 5.92 Å². The van der Waals surface area contributed by atoms with Crippen molar-refractivity contribution in [2.75, 3.05) is 31.7 Å². The molecule has 21 heavy (non-hydrogen) atoms. The number of pyridine rings is 1. The zero-order chi connectivity index (χ0) is 15.8. The average molecular weight is 293 g/mol. The molecule has 0 saturated carbocycles. The summed E-state index contributed by atoms with van der Waals surface area (Å²) in [5.74, 6) is 0.654. The molecule has 0 aliphatic carbocycles. The third kappa shape index (κ3) is 5.64. The van der Waals surface area contributed by atoms with E-state index in [0.717, 1.165) is 31.9 Å². The number of rotatable bonds is 9. The summed E-state index contributed by atoms with van der Waals surface area (Å²) < 4.78 is 5.32. The molecular weight excluding hydrogens is 262 g/mol. The fourth-order valence-corrected chi connectivity index (χ4v) is 2.52. The molecule has 0 spiro atoms. The summed E-state index contributed by atoms with van der Waals surface area (Å²) in [6.45, 7) is 14.5. The van der Waals surface area contributed by atoms with Crippen molar-refractivity contribution in [1.82, 2.24) is 10.3 Å². The number of aryl methyl sites for hydroxylation is 1. The van der Waals surface area contributed by atoms with Crippen LogP contribution < -0.4 is 10.2 Å². The molecule has 120 valence electrons. The molecular formula is C17H31N3O. The molecule has 1 aromatic rings. The number of hydrogen-bond donors (Lipinski definition) is 1. The lowest BCUT2D eigenvalue weighted by molar-refractivity contribution is 0.182. The molecule has 0 aliphatic rings. The number of anilines is 1. The summed E-state index contributed by atoms with van der Waals surface area (Å²) in [7, 11) is 1.76. The van der Waals surface area contributed by atoms with Gasteiger partial charge in [-0.25, -0.2) is 0 Å². The maximum Gasteiger partial charge on any atom is 0.0663 e. The van der Waals surface area contributed by atoms with Gasteiger partial charge >= 0.3 is 0 Å². The van der Waals surface area contributed by atoms with Crippen LogP contribution in [0.15, 0.2) is 12.3 Å². The molecule has 4 nitrogen and oxygen atoms in total. The van der Waals surface area contributed by atoms with Gasteiger partial charge in [-0.15, -0.1) is 0 Å². The van der Waals surface area contributed by atoms with Crippen LogP contribution in [0.5, 0.6) is 0 Å². The standard InChI is InChI=1S/C17H31N3O/c1-7-20(15(5)12-21-6)17-8-14(4)19-11-16(17)10-18-9-13(2)3/h8,11,13,15,18H,7,9-10,12H2,1-6H3. The molecule has 0 amide bonds. The van der Waals surface area contributed by atoms with Crippen LogP contribution in [0, 0.1) is 12.8 Å². The molecule has 0 bridgehead atoms. The molecule has 1 rings (SSSR count). The van der Waals surface area contributed by atoms with Gasteiger partial charge in [-0.2, -0.15) is 0 Å². The summed E-state index contributed by atoms with van der Waals surface area (Å²) in [6, 6.07) is 2.54. The van der Waals surface area contributed by atoms with E-state index in [-0.39, 0.29) is 0 Å². The fraction of sp³-hybridized carbons (Fsp3) is 0.706. The lowest BCUT2D eigenvalue weighted by Crippen LogP contribution is -2.37. The molecule has 1 unspecified atom stereocenters. The molecule has 0 aromatic carbocycles. The van der Waals surface area contributed by atoms with Crippen molar-refractivity contribution in [3.05, 3.63) is 23.5 Å². The van der Waals surface area contributed by atoms with Gasteiger partial charge in [0, 0.05) is 49.4 Å². The Labute approximate surface area is 129 Å². The predicted molar refractivity (Wildman–Crippen MR) is 89.9 cm³/mol. The predicted octanol–water partition coefficient (Wildman–Crippen LogP) is 3.00. The number of nitrogens with zero attached hydrogens (tertiary/aromatic N) is 2. The molecule has 0 aliphatic heterocycles. The quantitative estimate of drug-likeness (QED) is 0.759. The van der Waals surface area contributed by atoms with Gasteiger partial charge in [-0.05, 0) is 39.3 Å². The Morgan fingerprint density at radius 3 is 2.62 bits per heavy atom. The van der Waals surface area contributed by atoms with E-state index in [1.165, 1.54) is 11.3 Å². The van der Waals surface area contributed by atoms with Crippen molar-refractivity contribution in [2.45, 2.75) is 47.2 Å². The van der Waals surface area contributed by atoms with Crippen LogP contribution in [0.25, 0.3) is 0 Å². The first-order valence-corrected chi connectivity index (χ1v) is 7.91. The van der Waals surface area contributed by atoms with Crippen molar-refractivity contribution in [1.29, 1.82) is 0 Å². The maximum atomic E-state index is 5.32. The lowest BCUT2D eigenvalue weighted by Gasteiger charge is -2.31. The number of aromatic nitrogens is 1. The van der Waals surface area contributed by atoms with E-state index in [1.54, 1.807) is 7.11 Å². The van der Waals surface area contributed by atoms with Crippen LogP contribution in [-0.2, 0) is 11.3 Å². The SMILES string of the molecule is CCN(c1cc(C)ncc1CNCC(C)C)C(C)COC. The van der Waals surface area contributed by atoms with Crippen LogP contribution in [0.4, 0.5) is 5.69 Å². The van der Waals surface area contributed by atoms with Crippen molar-refractivity contribution in [3.63, 3.8) is 0 Å². The van der Waals surface area contributed by atoms with E-state index in [2.05, 4.69) is 49.0 Å². The minimum atomic E-state index is 0.352. The Balaban J connectivity index is 2.93. The zero-order valence-corrected chi connectivity index (χ0v) is 14.4. The minimum Gasteiger partial charge on any atom is -0.383 e. The van der Waals surface area contributed by atoms with Crippen molar-refractivity contribution in [3.8, 4) is 0 Å². The first-order chi connectivity index (χ1) is 9.99. The smallest absolute Gasteiger partial charge is 0.0663 e. The highest BCUT2D eigenvalue weighted by molar-refractivity contribution is 5.54. The van der Waals surface area contributed by atoms with Crippen molar-refractivity contribution < 1.29 is 4.74 Å². The number of nitrogens with one attached hydrogen (secondary N) is 1. The first-order valence-electron chi connectivity index (χ1n) is 7.91. The Morgan fingerprint density at radius 2 is 2.05 bits per heavy atom. The van der Waals surface area contributed by atoms with Gasteiger partial charge in [0.05, 0.1) is 6.61 Å². The number of hydrogen-bond acceptors (Lipinski definition) is 4. The monoisotopic (exact) mass is 293 g/mol. The van der Waals surface area contributed by atoms with E-state index in [4.69, 9.17) is 4.74 Å². The summed E-state index contributed by atoms with van der Waals surface area (Å²) in [5.41, 5.74) is 3.58. The highest BCUT2D eigenvalue weighted by atomic mass is 16.5. The van der Waals surface area contributed by atoms with E-state index in [0.29, 0.717) is 12.0 Å². The van der Waals surface area contributed by atoms with Crippen LogP contribution in [-0.4, -0.2) is 37.8 Å². The van der Waals surface area contributed by atoms with Gasteiger partial charge in [0.25, 0.3) is 0 Å². The molecule has 1 atom stereocenters. The zero-order valence-electron chi connectivity index (χ0n) is 14.4. The fourth-order valence-electron chi connectivity index (χ4n) is 2.52.